The van der Waals surface area contributed by atoms with Gasteiger partial charge in [0.2, 0.25) is 0 Å². The Bertz CT molecular complexity index is 144. The maximum absolute atomic E-state index is 2.41. The van der Waals surface area contributed by atoms with Crippen molar-refractivity contribution in [3.05, 3.63) is 12.2 Å². The van der Waals surface area contributed by atoms with E-state index in [1.54, 1.807) is 0 Å². The second-order valence-corrected chi connectivity index (χ2v) is 4.51. The molecule has 1 rings (SSSR count). The van der Waals surface area contributed by atoms with E-state index in [1.807, 2.05) is 0 Å². The summed E-state index contributed by atoms with van der Waals surface area (Å²) in [6.07, 6.45) is 10.3. The quantitative estimate of drug-likeness (QED) is 0.541. The first-order chi connectivity index (χ1) is 5.74. The molecule has 0 fully saturated rings. The van der Waals surface area contributed by atoms with Gasteiger partial charge in [-0.3, -0.25) is 0 Å². The van der Waals surface area contributed by atoms with Crippen LogP contribution < -0.4 is 0 Å². The van der Waals surface area contributed by atoms with Gasteiger partial charge in [-0.25, -0.2) is 0 Å². The van der Waals surface area contributed by atoms with Gasteiger partial charge in [-0.05, 0) is 30.6 Å². The Morgan fingerprint density at radius 3 is 2.42 bits per heavy atom. The van der Waals surface area contributed by atoms with Gasteiger partial charge in [0, 0.05) is 0 Å². The number of allylic oxidation sites excluding steroid dienone is 2. The zero-order chi connectivity index (χ0) is 8.97. The molecule has 1 aliphatic carbocycles. The Kier molecular flexibility index (Phi) is 3.84. The highest BCUT2D eigenvalue weighted by Gasteiger charge is 2.22. The monoisotopic (exact) mass is 166 g/mol. The molecule has 0 bridgehead atoms. The summed E-state index contributed by atoms with van der Waals surface area (Å²) in [6, 6.07) is 0. The largest absolute Gasteiger partial charge is 0.0876 e. The first-order valence-corrected chi connectivity index (χ1v) is 5.40. The first kappa shape index (κ1) is 9.83. The summed E-state index contributed by atoms with van der Waals surface area (Å²) in [5.41, 5.74) is 0. The van der Waals surface area contributed by atoms with Gasteiger partial charge in [0.1, 0.15) is 0 Å². The zero-order valence-corrected chi connectivity index (χ0v) is 8.72. The molecule has 2 atom stereocenters. The van der Waals surface area contributed by atoms with E-state index in [0.29, 0.717) is 0 Å². The van der Waals surface area contributed by atoms with Gasteiger partial charge < -0.3 is 0 Å². The Morgan fingerprint density at radius 2 is 2.08 bits per heavy atom. The Morgan fingerprint density at radius 1 is 1.42 bits per heavy atom. The fraction of sp³-hybridized carbons (Fsp3) is 0.833. The van der Waals surface area contributed by atoms with Gasteiger partial charge in [-0.2, -0.15) is 0 Å². The molecule has 0 N–H and O–H groups in total. The average molecular weight is 166 g/mol. The molecule has 0 spiro atoms. The van der Waals surface area contributed by atoms with Crippen LogP contribution in [0.5, 0.6) is 0 Å². The molecule has 0 aliphatic heterocycles. The molecular formula is C12H22. The standard InChI is InChI=1S/C12H22/c1-4-6-12(9-10(2)3)11-7-5-8-11/h5,7,10-12H,4,6,8-9H2,1-3H3. The minimum atomic E-state index is 0.871. The second kappa shape index (κ2) is 4.69. The van der Waals surface area contributed by atoms with Crippen LogP contribution in [0, 0.1) is 17.8 Å². The van der Waals surface area contributed by atoms with Crippen molar-refractivity contribution in [1.82, 2.24) is 0 Å². The predicted molar refractivity (Wildman–Crippen MR) is 55.1 cm³/mol. The van der Waals surface area contributed by atoms with Crippen molar-refractivity contribution in [2.45, 2.75) is 46.5 Å². The average Bonchev–Trinajstić information content (AvgIpc) is 1.81. The highest BCUT2D eigenvalue weighted by atomic mass is 14.3. The molecule has 0 amide bonds. The summed E-state index contributed by atoms with van der Waals surface area (Å²) in [5, 5.41) is 0. The van der Waals surface area contributed by atoms with Crippen molar-refractivity contribution in [3.8, 4) is 0 Å². The van der Waals surface area contributed by atoms with Gasteiger partial charge in [0.15, 0.2) is 0 Å². The van der Waals surface area contributed by atoms with Crippen LogP contribution in [0.15, 0.2) is 12.2 Å². The number of rotatable bonds is 5. The Labute approximate surface area is 77.1 Å². The highest BCUT2D eigenvalue weighted by Crippen LogP contribution is 2.33. The fourth-order valence-electron chi connectivity index (χ4n) is 2.13. The lowest BCUT2D eigenvalue weighted by molar-refractivity contribution is 0.290. The van der Waals surface area contributed by atoms with Crippen molar-refractivity contribution in [2.75, 3.05) is 0 Å². The third kappa shape index (κ3) is 2.66. The van der Waals surface area contributed by atoms with E-state index in [9.17, 15) is 0 Å². The van der Waals surface area contributed by atoms with Crippen LogP contribution >= 0.6 is 0 Å². The summed E-state index contributed by atoms with van der Waals surface area (Å²) in [5.74, 6) is 2.77. The van der Waals surface area contributed by atoms with E-state index in [0.717, 1.165) is 17.8 Å². The van der Waals surface area contributed by atoms with Crippen molar-refractivity contribution in [1.29, 1.82) is 0 Å². The summed E-state index contributed by atoms with van der Waals surface area (Å²) >= 11 is 0. The summed E-state index contributed by atoms with van der Waals surface area (Å²) in [4.78, 5) is 0. The maximum atomic E-state index is 2.41. The van der Waals surface area contributed by atoms with E-state index in [2.05, 4.69) is 32.9 Å². The van der Waals surface area contributed by atoms with Crippen LogP contribution in [0.4, 0.5) is 0 Å². The van der Waals surface area contributed by atoms with Crippen molar-refractivity contribution >= 4 is 0 Å². The predicted octanol–water partition coefficient (Wildman–Crippen LogP) is 4.02. The number of hydrogen-bond acceptors (Lipinski definition) is 0. The number of hydrogen-bond donors (Lipinski definition) is 0. The third-order valence-corrected chi connectivity index (χ3v) is 2.83. The fourth-order valence-corrected chi connectivity index (χ4v) is 2.13. The highest BCUT2D eigenvalue weighted by molar-refractivity contribution is 5.04. The maximum Gasteiger partial charge on any atom is -0.0170 e. The minimum Gasteiger partial charge on any atom is -0.0876 e. The van der Waals surface area contributed by atoms with Crippen molar-refractivity contribution in [2.24, 2.45) is 17.8 Å². The molecule has 0 heteroatoms. The molecule has 0 aromatic carbocycles. The molecule has 0 heterocycles. The molecule has 70 valence electrons. The summed E-state index contributed by atoms with van der Waals surface area (Å²) in [6.45, 7) is 6.98. The van der Waals surface area contributed by atoms with Gasteiger partial charge in [0.05, 0.1) is 0 Å². The molecule has 0 saturated carbocycles. The lowest BCUT2D eigenvalue weighted by atomic mass is 9.76. The SMILES string of the molecule is CCCC(CC(C)C)C1C=CC1. The van der Waals surface area contributed by atoms with E-state index in [-0.39, 0.29) is 0 Å². The van der Waals surface area contributed by atoms with Gasteiger partial charge in [-0.1, -0.05) is 45.8 Å². The third-order valence-electron chi connectivity index (χ3n) is 2.83. The zero-order valence-electron chi connectivity index (χ0n) is 8.72. The van der Waals surface area contributed by atoms with Crippen molar-refractivity contribution < 1.29 is 0 Å². The smallest absolute Gasteiger partial charge is 0.0170 e. The summed E-state index contributed by atoms with van der Waals surface area (Å²) in [7, 11) is 0. The lowest BCUT2D eigenvalue weighted by Crippen LogP contribution is -2.18. The topological polar surface area (TPSA) is 0 Å². The molecule has 0 saturated heterocycles. The van der Waals surface area contributed by atoms with Crippen LogP contribution in [-0.2, 0) is 0 Å². The Hall–Kier alpha value is -0.260. The van der Waals surface area contributed by atoms with Crippen LogP contribution in [0.25, 0.3) is 0 Å². The normalized spacial score (nSPS) is 24.2. The molecule has 2 unspecified atom stereocenters. The van der Waals surface area contributed by atoms with Gasteiger partial charge >= 0.3 is 0 Å². The van der Waals surface area contributed by atoms with Gasteiger partial charge in [-0.15, -0.1) is 0 Å². The van der Waals surface area contributed by atoms with Crippen LogP contribution in [0.1, 0.15) is 46.5 Å². The molecule has 0 aromatic rings. The lowest BCUT2D eigenvalue weighted by Gasteiger charge is -2.29. The molecule has 0 nitrogen and oxygen atoms in total. The van der Waals surface area contributed by atoms with Crippen LogP contribution in [0.3, 0.4) is 0 Å². The van der Waals surface area contributed by atoms with Crippen LogP contribution in [-0.4, -0.2) is 0 Å². The first-order valence-electron chi connectivity index (χ1n) is 5.40. The molecular weight excluding hydrogens is 144 g/mol. The molecule has 0 radical (unpaired) electrons. The van der Waals surface area contributed by atoms with E-state index >= 15 is 0 Å². The van der Waals surface area contributed by atoms with E-state index in [1.165, 1.54) is 25.7 Å². The Balaban J connectivity index is 2.32. The van der Waals surface area contributed by atoms with E-state index in [4.69, 9.17) is 0 Å². The van der Waals surface area contributed by atoms with E-state index < -0.39 is 0 Å². The molecule has 0 aromatic heterocycles. The molecule has 1 aliphatic rings. The van der Waals surface area contributed by atoms with Crippen LogP contribution in [0.2, 0.25) is 0 Å². The molecule has 12 heavy (non-hydrogen) atoms. The summed E-state index contributed by atoms with van der Waals surface area (Å²) < 4.78 is 0. The second-order valence-electron chi connectivity index (χ2n) is 4.51. The minimum absolute atomic E-state index is 0.871. The van der Waals surface area contributed by atoms with Crippen molar-refractivity contribution in [3.63, 3.8) is 0 Å². The van der Waals surface area contributed by atoms with Gasteiger partial charge in [0.25, 0.3) is 0 Å².